The van der Waals surface area contributed by atoms with Crippen LogP contribution in [-0.4, -0.2) is 50.6 Å². The number of carboxylic acids is 1. The van der Waals surface area contributed by atoms with Crippen LogP contribution in [0.3, 0.4) is 0 Å². The van der Waals surface area contributed by atoms with Gasteiger partial charge in [0.1, 0.15) is 5.56 Å². The van der Waals surface area contributed by atoms with Gasteiger partial charge < -0.3 is 19.9 Å². The van der Waals surface area contributed by atoms with Crippen LogP contribution in [0.1, 0.15) is 23.7 Å². The lowest BCUT2D eigenvalue weighted by Gasteiger charge is -2.17. The van der Waals surface area contributed by atoms with Crippen LogP contribution in [0.4, 0.5) is 11.4 Å². The third-order valence-electron chi connectivity index (χ3n) is 4.92. The van der Waals surface area contributed by atoms with Crippen LogP contribution in [0.5, 0.6) is 0 Å². The first-order valence-corrected chi connectivity index (χ1v) is 11.5. The molecule has 3 N–H and O–H groups in total. The smallest absolute Gasteiger partial charge is 0.339 e. The molecule has 2 aromatic carbocycles. The molecule has 0 aliphatic rings. The quantitative estimate of drug-likeness (QED) is 0.453. The zero-order valence-electron chi connectivity index (χ0n) is 18.1. The summed E-state index contributed by atoms with van der Waals surface area (Å²) >= 11 is 0. The molecule has 1 aromatic heterocycles. The van der Waals surface area contributed by atoms with Crippen molar-refractivity contribution >= 4 is 44.0 Å². The van der Waals surface area contributed by atoms with E-state index in [9.17, 15) is 23.1 Å². The zero-order valence-corrected chi connectivity index (χ0v) is 18.9. The largest absolute Gasteiger partial charge is 0.478 e. The van der Waals surface area contributed by atoms with E-state index in [-0.39, 0.29) is 16.1 Å². The molecule has 32 heavy (non-hydrogen) atoms. The van der Waals surface area contributed by atoms with Gasteiger partial charge in [0.2, 0.25) is 15.9 Å². The molecule has 170 valence electrons. The number of aryl methyl sites for hydroxylation is 1. The van der Waals surface area contributed by atoms with Crippen molar-refractivity contribution in [1.82, 2.24) is 9.29 Å². The number of carboxylic acid groups (broad SMARTS) is 1. The first-order chi connectivity index (χ1) is 15.1. The van der Waals surface area contributed by atoms with Gasteiger partial charge in [0.05, 0.1) is 17.1 Å². The Morgan fingerprint density at radius 3 is 2.41 bits per heavy atom. The fourth-order valence-corrected chi connectivity index (χ4v) is 4.69. The maximum Gasteiger partial charge on any atom is 0.339 e. The second-order valence-corrected chi connectivity index (χ2v) is 9.26. The van der Waals surface area contributed by atoms with Crippen LogP contribution in [0, 0.1) is 0 Å². The van der Waals surface area contributed by atoms with Crippen LogP contribution in [-0.2, 0) is 21.4 Å². The molecular formula is C22H26N4O5S. The van der Waals surface area contributed by atoms with E-state index in [2.05, 4.69) is 10.0 Å². The molecule has 1 heterocycles. The monoisotopic (exact) mass is 458 g/mol. The summed E-state index contributed by atoms with van der Waals surface area (Å²) in [4.78, 5) is 25.8. The van der Waals surface area contributed by atoms with E-state index >= 15 is 0 Å². The Balaban J connectivity index is 1.80. The molecule has 0 spiro atoms. The topological polar surface area (TPSA) is 121 Å². The lowest BCUT2D eigenvalue weighted by atomic mass is 10.1. The van der Waals surface area contributed by atoms with Crippen LogP contribution in [0.15, 0.2) is 53.7 Å². The summed E-state index contributed by atoms with van der Waals surface area (Å²) in [5.41, 5.74) is 0.936. The van der Waals surface area contributed by atoms with E-state index in [1.54, 1.807) is 22.8 Å². The highest BCUT2D eigenvalue weighted by Crippen LogP contribution is 2.30. The minimum absolute atomic E-state index is 0.0556. The molecule has 1 amide bonds. The zero-order chi connectivity index (χ0) is 23.5. The maximum atomic E-state index is 12.9. The van der Waals surface area contributed by atoms with E-state index < -0.39 is 28.4 Å². The van der Waals surface area contributed by atoms with Crippen molar-refractivity contribution in [2.45, 2.75) is 24.8 Å². The van der Waals surface area contributed by atoms with Crippen molar-refractivity contribution in [3.8, 4) is 0 Å². The van der Waals surface area contributed by atoms with Gasteiger partial charge in [0.15, 0.2) is 0 Å². The van der Waals surface area contributed by atoms with Crippen molar-refractivity contribution in [1.29, 1.82) is 0 Å². The normalized spacial score (nSPS) is 11.5. The highest BCUT2D eigenvalue weighted by Gasteiger charge is 2.21. The van der Waals surface area contributed by atoms with E-state index in [0.29, 0.717) is 11.9 Å². The average Bonchev–Trinajstić information content (AvgIpc) is 3.14. The third kappa shape index (κ3) is 4.92. The van der Waals surface area contributed by atoms with Gasteiger partial charge in [-0.2, -0.15) is 0 Å². The fourth-order valence-electron chi connectivity index (χ4n) is 3.49. The maximum absolute atomic E-state index is 12.9. The summed E-state index contributed by atoms with van der Waals surface area (Å²) in [6.45, 7) is 2.01. The molecule has 0 aliphatic carbocycles. The molecule has 10 heteroatoms. The second kappa shape index (κ2) is 9.41. The molecule has 3 aromatic rings. The Morgan fingerprint density at radius 1 is 1.06 bits per heavy atom. The Labute approximate surface area is 186 Å². The molecule has 0 saturated carbocycles. The van der Waals surface area contributed by atoms with Crippen molar-refractivity contribution in [2.24, 2.45) is 0 Å². The van der Waals surface area contributed by atoms with E-state index in [1.807, 2.05) is 38.1 Å². The Kier molecular flexibility index (Phi) is 6.85. The number of carbonyl (C=O) groups excluding carboxylic acids is 1. The lowest BCUT2D eigenvalue weighted by molar-refractivity contribution is -0.115. The molecule has 0 fully saturated rings. The number of nitrogens with zero attached hydrogens (tertiary/aromatic N) is 2. The number of hydrogen-bond donors (Lipinski definition) is 3. The van der Waals surface area contributed by atoms with Gasteiger partial charge in [0.25, 0.3) is 0 Å². The predicted molar refractivity (Wildman–Crippen MR) is 124 cm³/mol. The molecule has 0 bridgehead atoms. The summed E-state index contributed by atoms with van der Waals surface area (Å²) in [5.74, 6) is -1.84. The minimum Gasteiger partial charge on any atom is -0.478 e. The van der Waals surface area contributed by atoms with E-state index in [0.717, 1.165) is 17.5 Å². The number of sulfonamides is 1. The molecule has 9 nitrogen and oxygen atoms in total. The van der Waals surface area contributed by atoms with E-state index in [1.165, 1.54) is 18.5 Å². The van der Waals surface area contributed by atoms with Crippen LogP contribution >= 0.6 is 0 Å². The molecule has 0 saturated heterocycles. The van der Waals surface area contributed by atoms with Crippen molar-refractivity contribution in [3.63, 3.8) is 0 Å². The number of amides is 1. The summed E-state index contributed by atoms with van der Waals surface area (Å²) < 4.78 is 29.9. The summed E-state index contributed by atoms with van der Waals surface area (Å²) in [6.07, 6.45) is 3.75. The number of rotatable bonds is 9. The van der Waals surface area contributed by atoms with Crippen molar-refractivity contribution < 1.29 is 23.1 Å². The average molecular weight is 459 g/mol. The number of nitrogens with one attached hydrogen (secondary N) is 2. The van der Waals surface area contributed by atoms with Gasteiger partial charge in [-0.3, -0.25) is 4.79 Å². The first kappa shape index (κ1) is 23.3. The fraction of sp³-hybridized carbons (Fsp3) is 0.273. The Morgan fingerprint density at radius 2 is 1.75 bits per heavy atom. The molecule has 0 aliphatic heterocycles. The predicted octanol–water partition coefficient (Wildman–Crippen LogP) is 2.73. The standard InChI is InChI=1S/C22H26N4O5S/c1-4-11-26-13-17(22(28)29)18(14-26)24-21(27)12-23-32(30,31)20-10-6-7-15-16(20)8-5-9-19(15)25(2)3/h5-10,13-14,23H,4,11-12H2,1-3H3,(H,24,27)(H,28,29). The summed E-state index contributed by atoms with van der Waals surface area (Å²) in [5, 5.41) is 13.1. The molecular weight excluding hydrogens is 432 g/mol. The lowest BCUT2D eigenvalue weighted by Crippen LogP contribution is -2.33. The van der Waals surface area contributed by atoms with Crippen molar-refractivity contribution in [3.05, 3.63) is 54.4 Å². The van der Waals surface area contributed by atoms with E-state index in [4.69, 9.17) is 0 Å². The van der Waals surface area contributed by atoms with Crippen LogP contribution < -0.4 is 14.9 Å². The number of hydrogen-bond acceptors (Lipinski definition) is 5. The van der Waals surface area contributed by atoms with Gasteiger partial charge in [0, 0.05) is 49.5 Å². The molecule has 3 rings (SSSR count). The number of benzene rings is 2. The van der Waals surface area contributed by atoms with Crippen LogP contribution in [0.25, 0.3) is 10.8 Å². The highest BCUT2D eigenvalue weighted by atomic mass is 32.2. The SMILES string of the molecule is CCCn1cc(NC(=O)CNS(=O)(=O)c2cccc3c(N(C)C)cccc23)c(C(=O)O)c1. The molecule has 0 unspecified atom stereocenters. The Bertz CT molecular complexity index is 1260. The van der Waals surface area contributed by atoms with Gasteiger partial charge >= 0.3 is 5.97 Å². The van der Waals surface area contributed by atoms with Crippen molar-refractivity contribution in [2.75, 3.05) is 30.9 Å². The number of anilines is 2. The molecule has 0 atom stereocenters. The second-order valence-electron chi connectivity index (χ2n) is 7.52. The first-order valence-electron chi connectivity index (χ1n) is 10.1. The van der Waals surface area contributed by atoms with Gasteiger partial charge in [-0.1, -0.05) is 31.2 Å². The summed E-state index contributed by atoms with van der Waals surface area (Å²) in [7, 11) is -0.252. The minimum atomic E-state index is -4.00. The Hall–Kier alpha value is -3.37. The number of fused-ring (bicyclic) bond motifs is 1. The van der Waals surface area contributed by atoms with Crippen LogP contribution in [0.2, 0.25) is 0 Å². The number of aromatic carboxylic acids is 1. The van der Waals surface area contributed by atoms with Gasteiger partial charge in [-0.05, 0) is 18.6 Å². The summed E-state index contributed by atoms with van der Waals surface area (Å²) in [6, 6.07) is 10.4. The highest BCUT2D eigenvalue weighted by molar-refractivity contribution is 7.89. The number of carbonyl (C=O) groups is 2. The van der Waals surface area contributed by atoms with Gasteiger partial charge in [-0.15, -0.1) is 0 Å². The van der Waals surface area contributed by atoms with Gasteiger partial charge in [-0.25, -0.2) is 17.9 Å². The third-order valence-corrected chi connectivity index (χ3v) is 6.38. The number of aromatic nitrogens is 1. The molecule has 0 radical (unpaired) electrons.